The Hall–Kier alpha value is -1.95. The van der Waals surface area contributed by atoms with Crippen LogP contribution in [-0.2, 0) is 4.74 Å². The van der Waals surface area contributed by atoms with E-state index in [9.17, 15) is 4.79 Å². The van der Waals surface area contributed by atoms with Crippen molar-refractivity contribution in [3.63, 3.8) is 0 Å². The van der Waals surface area contributed by atoms with Gasteiger partial charge in [0.15, 0.2) is 0 Å². The maximum atomic E-state index is 11.9. The Morgan fingerprint density at radius 1 is 1.19 bits per heavy atom. The number of carbonyl (C=O) groups is 1. The van der Waals surface area contributed by atoms with Crippen LogP contribution in [0.4, 0.5) is 16.2 Å². The van der Waals surface area contributed by atoms with Crippen molar-refractivity contribution in [1.82, 2.24) is 9.80 Å². The van der Waals surface area contributed by atoms with Crippen molar-refractivity contribution in [2.45, 2.75) is 0 Å². The molecule has 0 atom stereocenters. The number of nitrogens with two attached hydrogens (primary N) is 1. The Balaban J connectivity index is 1.77. The fourth-order valence-electron chi connectivity index (χ4n) is 2.24. The fourth-order valence-corrected chi connectivity index (χ4v) is 2.24. The minimum absolute atomic E-state index is 0.214. The second-order valence-electron chi connectivity index (χ2n) is 5.48. The van der Waals surface area contributed by atoms with E-state index in [0.717, 1.165) is 31.0 Å². The molecule has 1 aromatic rings. The number of nitrogens with zero attached hydrogens (tertiary/aromatic N) is 3. The van der Waals surface area contributed by atoms with Gasteiger partial charge in [-0.15, -0.1) is 0 Å². The predicted molar refractivity (Wildman–Crippen MR) is 84.5 cm³/mol. The molecule has 0 aromatic heterocycles. The van der Waals surface area contributed by atoms with Crippen LogP contribution in [0.25, 0.3) is 0 Å². The second kappa shape index (κ2) is 7.17. The van der Waals surface area contributed by atoms with E-state index < -0.39 is 0 Å². The molecule has 2 rings (SSSR count). The molecule has 6 nitrogen and oxygen atoms in total. The van der Waals surface area contributed by atoms with Gasteiger partial charge in [0.1, 0.15) is 6.61 Å². The number of amides is 1. The molecule has 0 spiro atoms. The zero-order chi connectivity index (χ0) is 15.2. The summed E-state index contributed by atoms with van der Waals surface area (Å²) in [5.74, 6) is 0. The van der Waals surface area contributed by atoms with Gasteiger partial charge < -0.3 is 25.2 Å². The van der Waals surface area contributed by atoms with E-state index >= 15 is 0 Å². The quantitative estimate of drug-likeness (QED) is 0.842. The number of rotatable bonds is 4. The molecule has 0 aliphatic carbocycles. The monoisotopic (exact) mass is 292 g/mol. The van der Waals surface area contributed by atoms with Crippen molar-refractivity contribution in [2.75, 3.05) is 64.1 Å². The first-order valence-electron chi connectivity index (χ1n) is 7.23. The van der Waals surface area contributed by atoms with E-state index in [0.29, 0.717) is 19.7 Å². The second-order valence-corrected chi connectivity index (χ2v) is 5.48. The molecule has 1 heterocycles. The Morgan fingerprint density at radius 3 is 2.38 bits per heavy atom. The topological polar surface area (TPSA) is 62.0 Å². The third kappa shape index (κ3) is 4.53. The molecule has 0 bridgehead atoms. The largest absolute Gasteiger partial charge is 0.448 e. The van der Waals surface area contributed by atoms with Crippen molar-refractivity contribution in [2.24, 2.45) is 0 Å². The highest BCUT2D eigenvalue weighted by Gasteiger charge is 2.22. The van der Waals surface area contributed by atoms with E-state index in [1.165, 1.54) is 0 Å². The van der Waals surface area contributed by atoms with Gasteiger partial charge in [0.2, 0.25) is 0 Å². The lowest BCUT2D eigenvalue weighted by atomic mass is 10.2. The highest BCUT2D eigenvalue weighted by molar-refractivity contribution is 5.68. The molecule has 6 heteroatoms. The summed E-state index contributed by atoms with van der Waals surface area (Å²) in [5, 5.41) is 0. The first kappa shape index (κ1) is 15.4. The van der Waals surface area contributed by atoms with E-state index in [1.54, 1.807) is 4.90 Å². The Labute approximate surface area is 126 Å². The summed E-state index contributed by atoms with van der Waals surface area (Å²) in [6.07, 6.45) is -0.214. The van der Waals surface area contributed by atoms with Gasteiger partial charge in [-0.25, -0.2) is 4.79 Å². The van der Waals surface area contributed by atoms with Gasteiger partial charge in [-0.2, -0.15) is 0 Å². The number of anilines is 2. The van der Waals surface area contributed by atoms with Gasteiger partial charge in [-0.1, -0.05) is 0 Å². The number of piperazine rings is 1. The predicted octanol–water partition coefficient (Wildman–Crippen LogP) is 1.09. The number of hydrogen-bond acceptors (Lipinski definition) is 5. The molecule has 0 unspecified atom stereocenters. The lowest BCUT2D eigenvalue weighted by Gasteiger charge is -2.35. The number of benzene rings is 1. The van der Waals surface area contributed by atoms with Crippen molar-refractivity contribution in [3.8, 4) is 0 Å². The maximum Gasteiger partial charge on any atom is 0.409 e. The van der Waals surface area contributed by atoms with Crippen molar-refractivity contribution < 1.29 is 9.53 Å². The van der Waals surface area contributed by atoms with Gasteiger partial charge in [0.05, 0.1) is 0 Å². The first-order valence-corrected chi connectivity index (χ1v) is 7.23. The van der Waals surface area contributed by atoms with E-state index in [1.807, 2.05) is 43.3 Å². The number of ether oxygens (including phenoxy) is 1. The Morgan fingerprint density at radius 2 is 1.81 bits per heavy atom. The van der Waals surface area contributed by atoms with Crippen LogP contribution in [0.15, 0.2) is 24.3 Å². The number of carbonyl (C=O) groups excluding carboxylic acids is 1. The normalized spacial score (nSPS) is 15.4. The maximum absolute atomic E-state index is 11.9. The zero-order valence-corrected chi connectivity index (χ0v) is 12.8. The third-order valence-corrected chi connectivity index (χ3v) is 3.56. The average molecular weight is 292 g/mol. The molecule has 1 amide bonds. The van der Waals surface area contributed by atoms with Crippen LogP contribution < -0.4 is 10.6 Å². The Bertz CT molecular complexity index is 453. The van der Waals surface area contributed by atoms with Crippen LogP contribution in [0.1, 0.15) is 0 Å². The molecule has 1 aromatic carbocycles. The van der Waals surface area contributed by atoms with Crippen molar-refractivity contribution >= 4 is 17.5 Å². The van der Waals surface area contributed by atoms with Crippen molar-refractivity contribution in [1.29, 1.82) is 0 Å². The molecular weight excluding hydrogens is 268 g/mol. The van der Waals surface area contributed by atoms with Crippen LogP contribution in [0.5, 0.6) is 0 Å². The zero-order valence-electron chi connectivity index (χ0n) is 12.8. The summed E-state index contributed by atoms with van der Waals surface area (Å²) < 4.78 is 5.26. The lowest BCUT2D eigenvalue weighted by Crippen LogP contribution is -2.49. The van der Waals surface area contributed by atoms with Gasteiger partial charge in [-0.05, 0) is 38.4 Å². The van der Waals surface area contributed by atoms with Gasteiger partial charge >= 0.3 is 6.09 Å². The van der Waals surface area contributed by atoms with Crippen LogP contribution in [-0.4, -0.2) is 69.3 Å². The summed E-state index contributed by atoms with van der Waals surface area (Å²) in [4.78, 5) is 17.9. The van der Waals surface area contributed by atoms with Gasteiger partial charge in [0.25, 0.3) is 0 Å². The number of hydrogen-bond donors (Lipinski definition) is 1. The molecule has 1 aliphatic rings. The molecule has 1 fully saturated rings. The van der Waals surface area contributed by atoms with Gasteiger partial charge in [0, 0.05) is 44.1 Å². The number of nitrogen functional groups attached to an aromatic ring is 1. The van der Waals surface area contributed by atoms with E-state index in [-0.39, 0.29) is 6.09 Å². The molecule has 21 heavy (non-hydrogen) atoms. The SMILES string of the molecule is CN(C)CCOC(=O)N1CCN(c2ccc(N)cc2)CC1. The van der Waals surface area contributed by atoms with Crippen molar-refractivity contribution in [3.05, 3.63) is 24.3 Å². The van der Waals surface area contributed by atoms with Crippen LogP contribution in [0.2, 0.25) is 0 Å². The molecule has 0 radical (unpaired) electrons. The van der Waals surface area contributed by atoms with Crippen LogP contribution >= 0.6 is 0 Å². The molecule has 116 valence electrons. The standard InChI is InChI=1S/C15H24N4O2/c1-17(2)11-12-21-15(20)19-9-7-18(8-10-19)14-5-3-13(16)4-6-14/h3-6H,7-12,16H2,1-2H3. The minimum Gasteiger partial charge on any atom is -0.448 e. The summed E-state index contributed by atoms with van der Waals surface area (Å²) in [6, 6.07) is 7.83. The third-order valence-electron chi connectivity index (χ3n) is 3.56. The first-order chi connectivity index (χ1) is 10.1. The average Bonchev–Trinajstić information content (AvgIpc) is 2.48. The highest BCUT2D eigenvalue weighted by atomic mass is 16.6. The smallest absolute Gasteiger partial charge is 0.409 e. The van der Waals surface area contributed by atoms with Gasteiger partial charge in [-0.3, -0.25) is 0 Å². The molecule has 2 N–H and O–H groups in total. The van der Waals surface area contributed by atoms with Crippen LogP contribution in [0, 0.1) is 0 Å². The fraction of sp³-hybridized carbons (Fsp3) is 0.533. The molecular formula is C15H24N4O2. The molecule has 0 saturated carbocycles. The highest BCUT2D eigenvalue weighted by Crippen LogP contribution is 2.18. The Kier molecular flexibility index (Phi) is 5.27. The number of likely N-dealkylation sites (N-methyl/N-ethyl adjacent to an activating group) is 1. The summed E-state index contributed by atoms with van der Waals surface area (Å²) >= 11 is 0. The van der Waals surface area contributed by atoms with E-state index in [2.05, 4.69) is 4.90 Å². The minimum atomic E-state index is -0.214. The molecule has 1 saturated heterocycles. The summed E-state index contributed by atoms with van der Waals surface area (Å²) in [6.45, 7) is 4.18. The van der Waals surface area contributed by atoms with Crippen LogP contribution in [0.3, 0.4) is 0 Å². The molecule has 1 aliphatic heterocycles. The summed E-state index contributed by atoms with van der Waals surface area (Å²) in [7, 11) is 3.92. The summed E-state index contributed by atoms with van der Waals surface area (Å²) in [5.41, 5.74) is 7.60. The lowest BCUT2D eigenvalue weighted by molar-refractivity contribution is 0.0941. The van der Waals surface area contributed by atoms with E-state index in [4.69, 9.17) is 10.5 Å².